The molecule has 216 valence electrons. The van der Waals surface area contributed by atoms with E-state index in [0.29, 0.717) is 0 Å². The molecule has 0 unspecified atom stereocenters. The Morgan fingerprint density at radius 2 is 1.00 bits per heavy atom. The van der Waals surface area contributed by atoms with Crippen LogP contribution in [0.1, 0.15) is 0 Å². The van der Waals surface area contributed by atoms with Crippen molar-refractivity contribution >= 4 is 70.1 Å². The Labute approximate surface area is 272 Å². The van der Waals surface area contributed by atoms with Crippen molar-refractivity contribution in [1.29, 1.82) is 0 Å². The Kier molecular flexibility index (Phi) is 6.40. The van der Waals surface area contributed by atoms with Crippen LogP contribution in [0.25, 0.3) is 64.0 Å². The summed E-state index contributed by atoms with van der Waals surface area (Å²) in [5.74, 6) is 0. The predicted octanol–water partition coefficient (Wildman–Crippen LogP) is 13.2. The molecule has 0 saturated heterocycles. The van der Waals surface area contributed by atoms with E-state index in [0.717, 1.165) is 17.1 Å². The minimum atomic E-state index is 1.12. The molecule has 0 aliphatic heterocycles. The number of rotatable bonds is 5. The number of benzene rings is 8. The number of para-hydroxylation sites is 1. The van der Waals surface area contributed by atoms with E-state index in [2.05, 4.69) is 181 Å². The number of anilines is 3. The number of thiophene rings is 1. The maximum Gasteiger partial charge on any atom is 0.0540 e. The monoisotopic (exact) mass is 603 g/mol. The highest BCUT2D eigenvalue weighted by atomic mass is 32.1. The summed E-state index contributed by atoms with van der Waals surface area (Å²) in [5.41, 5.74) is 8.23. The van der Waals surface area contributed by atoms with Gasteiger partial charge in [-0.3, -0.25) is 0 Å². The lowest BCUT2D eigenvalue weighted by Gasteiger charge is -2.29. The zero-order valence-electron chi connectivity index (χ0n) is 25.1. The summed E-state index contributed by atoms with van der Waals surface area (Å²) < 4.78 is 2.65. The molecule has 2 heteroatoms. The van der Waals surface area contributed by atoms with Crippen molar-refractivity contribution in [2.75, 3.05) is 4.90 Å². The fourth-order valence-electron chi connectivity index (χ4n) is 6.81. The maximum absolute atomic E-state index is 2.44. The highest BCUT2D eigenvalue weighted by Crippen LogP contribution is 2.45. The molecule has 8 aromatic carbocycles. The normalized spacial score (nSPS) is 11.5. The van der Waals surface area contributed by atoms with Gasteiger partial charge in [-0.1, -0.05) is 127 Å². The summed E-state index contributed by atoms with van der Waals surface area (Å²) in [4.78, 5) is 2.44. The Balaban J connectivity index is 1.26. The van der Waals surface area contributed by atoms with Gasteiger partial charge >= 0.3 is 0 Å². The highest BCUT2D eigenvalue weighted by Gasteiger charge is 2.20. The Morgan fingerprint density at radius 3 is 1.93 bits per heavy atom. The largest absolute Gasteiger partial charge is 0.309 e. The van der Waals surface area contributed by atoms with Crippen LogP contribution in [0.4, 0.5) is 17.1 Å². The van der Waals surface area contributed by atoms with E-state index >= 15 is 0 Å². The number of hydrogen-bond acceptors (Lipinski definition) is 2. The smallest absolute Gasteiger partial charge is 0.0540 e. The van der Waals surface area contributed by atoms with Crippen molar-refractivity contribution in [3.8, 4) is 22.3 Å². The molecular weight excluding hydrogens is 575 g/mol. The van der Waals surface area contributed by atoms with Gasteiger partial charge in [0.15, 0.2) is 0 Å². The fraction of sp³-hybridized carbons (Fsp3) is 0. The molecule has 1 aromatic heterocycles. The first-order valence-corrected chi connectivity index (χ1v) is 16.5. The average molecular weight is 604 g/mol. The molecule has 0 radical (unpaired) electrons. The number of fused-ring (bicyclic) bond motifs is 5. The second kappa shape index (κ2) is 11.0. The Morgan fingerprint density at radius 1 is 0.348 bits per heavy atom. The van der Waals surface area contributed by atoms with E-state index in [1.54, 1.807) is 0 Å². The van der Waals surface area contributed by atoms with E-state index in [-0.39, 0.29) is 0 Å². The average Bonchev–Trinajstić information content (AvgIpc) is 3.50. The molecule has 0 spiro atoms. The molecule has 0 aliphatic carbocycles. The van der Waals surface area contributed by atoms with Crippen molar-refractivity contribution in [2.24, 2.45) is 0 Å². The summed E-state index contributed by atoms with van der Waals surface area (Å²) in [7, 11) is 0. The third kappa shape index (κ3) is 4.54. The van der Waals surface area contributed by atoms with Gasteiger partial charge in [0.05, 0.1) is 11.4 Å². The Bertz CT molecular complexity index is 2550. The first-order valence-electron chi connectivity index (χ1n) is 15.7. The van der Waals surface area contributed by atoms with E-state index < -0.39 is 0 Å². The lowest BCUT2D eigenvalue weighted by atomic mass is 9.97. The van der Waals surface area contributed by atoms with Gasteiger partial charge in [-0.25, -0.2) is 0 Å². The van der Waals surface area contributed by atoms with Crippen LogP contribution in [0.2, 0.25) is 0 Å². The fourth-order valence-corrected chi connectivity index (χ4v) is 7.90. The van der Waals surface area contributed by atoms with Gasteiger partial charge in [-0.05, 0) is 81.4 Å². The molecule has 46 heavy (non-hydrogen) atoms. The molecule has 0 atom stereocenters. The van der Waals surface area contributed by atoms with Crippen molar-refractivity contribution in [3.05, 3.63) is 176 Å². The van der Waals surface area contributed by atoms with Gasteiger partial charge in [-0.2, -0.15) is 0 Å². The molecule has 0 amide bonds. The third-order valence-electron chi connectivity index (χ3n) is 9.03. The van der Waals surface area contributed by atoms with Crippen molar-refractivity contribution in [3.63, 3.8) is 0 Å². The first-order chi connectivity index (χ1) is 22.8. The van der Waals surface area contributed by atoms with E-state index in [4.69, 9.17) is 0 Å². The van der Waals surface area contributed by atoms with Crippen LogP contribution in [-0.4, -0.2) is 0 Å². The van der Waals surface area contributed by atoms with Crippen LogP contribution in [0, 0.1) is 0 Å². The summed E-state index contributed by atoms with van der Waals surface area (Å²) in [5, 5.41) is 7.56. The first kappa shape index (κ1) is 26.7. The second-order valence-corrected chi connectivity index (χ2v) is 12.9. The highest BCUT2D eigenvalue weighted by molar-refractivity contribution is 7.25. The minimum absolute atomic E-state index is 1.12. The molecule has 0 aliphatic rings. The molecule has 1 nitrogen and oxygen atoms in total. The quantitative estimate of drug-likeness (QED) is 0.189. The van der Waals surface area contributed by atoms with Crippen LogP contribution < -0.4 is 4.90 Å². The molecule has 1 heterocycles. The maximum atomic E-state index is 2.44. The SMILES string of the molecule is c1cc(-c2ccc3sc4ccccc4c3c2)cc(N(c2ccccc2-c2ccc3ccccc3c2)c2cccc3ccccc23)c1. The zero-order chi connectivity index (χ0) is 30.5. The third-order valence-corrected chi connectivity index (χ3v) is 10.2. The van der Waals surface area contributed by atoms with Gasteiger partial charge in [-0.15, -0.1) is 11.3 Å². The van der Waals surface area contributed by atoms with Crippen molar-refractivity contribution in [1.82, 2.24) is 0 Å². The van der Waals surface area contributed by atoms with Crippen LogP contribution in [0.15, 0.2) is 176 Å². The molecule has 0 fully saturated rings. The lowest BCUT2D eigenvalue weighted by molar-refractivity contribution is 1.30. The molecule has 9 aromatic rings. The standard InChI is InChI=1S/C44H29NS/c1-2-13-32-27-35(24-23-30(32)11-1)38-18-5-7-20-41(38)45(42-21-10-14-31-12-3-4-17-37(31)42)36-16-9-15-33(28-36)34-25-26-44-40(29-34)39-19-6-8-22-43(39)46-44/h1-29H. The molecule has 0 bridgehead atoms. The summed E-state index contributed by atoms with van der Waals surface area (Å²) in [6, 6.07) is 64.1. The van der Waals surface area contributed by atoms with Gasteiger partial charge in [0.25, 0.3) is 0 Å². The summed E-state index contributed by atoms with van der Waals surface area (Å²) >= 11 is 1.86. The molecule has 0 N–H and O–H groups in total. The summed E-state index contributed by atoms with van der Waals surface area (Å²) in [6.07, 6.45) is 0. The minimum Gasteiger partial charge on any atom is -0.309 e. The van der Waals surface area contributed by atoms with Crippen LogP contribution in [0.3, 0.4) is 0 Å². The predicted molar refractivity (Wildman–Crippen MR) is 200 cm³/mol. The lowest BCUT2D eigenvalue weighted by Crippen LogP contribution is -2.12. The van der Waals surface area contributed by atoms with Gasteiger partial charge < -0.3 is 4.90 Å². The molecule has 0 saturated carbocycles. The van der Waals surface area contributed by atoms with E-state index in [1.807, 2.05) is 11.3 Å². The van der Waals surface area contributed by atoms with Crippen molar-refractivity contribution < 1.29 is 0 Å². The second-order valence-electron chi connectivity index (χ2n) is 11.8. The summed E-state index contributed by atoms with van der Waals surface area (Å²) in [6.45, 7) is 0. The van der Waals surface area contributed by atoms with E-state index in [9.17, 15) is 0 Å². The van der Waals surface area contributed by atoms with Gasteiger partial charge in [0.2, 0.25) is 0 Å². The Hall–Kier alpha value is -5.70. The molecular formula is C44H29NS. The molecule has 9 rings (SSSR count). The van der Waals surface area contributed by atoms with E-state index in [1.165, 1.54) is 64.0 Å². The zero-order valence-corrected chi connectivity index (χ0v) is 25.9. The van der Waals surface area contributed by atoms with Crippen LogP contribution in [0.5, 0.6) is 0 Å². The number of nitrogens with zero attached hydrogens (tertiary/aromatic N) is 1. The van der Waals surface area contributed by atoms with Crippen LogP contribution >= 0.6 is 11.3 Å². The van der Waals surface area contributed by atoms with Gasteiger partial charge in [0, 0.05) is 36.8 Å². The van der Waals surface area contributed by atoms with Crippen molar-refractivity contribution in [2.45, 2.75) is 0 Å². The number of hydrogen-bond donors (Lipinski definition) is 0. The topological polar surface area (TPSA) is 3.24 Å². The van der Waals surface area contributed by atoms with Crippen LogP contribution in [-0.2, 0) is 0 Å². The van der Waals surface area contributed by atoms with Gasteiger partial charge in [0.1, 0.15) is 0 Å².